The molecule has 0 saturated carbocycles. The molecule has 0 atom stereocenters. The lowest BCUT2D eigenvalue weighted by atomic mass is 9.88. The fourth-order valence-corrected chi connectivity index (χ4v) is 3.73. The second kappa shape index (κ2) is 7.16. The zero-order valence-electron chi connectivity index (χ0n) is 15.0. The van der Waals surface area contributed by atoms with Gasteiger partial charge in [0.2, 0.25) is 5.91 Å². The van der Waals surface area contributed by atoms with Crippen molar-refractivity contribution < 1.29 is 4.79 Å². The second-order valence-electron chi connectivity index (χ2n) is 6.89. The summed E-state index contributed by atoms with van der Waals surface area (Å²) in [4.78, 5) is 19.5. The molecule has 26 heavy (non-hydrogen) atoms. The fraction of sp³-hybridized carbons (Fsp3) is 0.273. The van der Waals surface area contributed by atoms with Gasteiger partial charge in [0, 0.05) is 32.4 Å². The smallest absolute Gasteiger partial charge is 0.223 e. The predicted octanol–water partition coefficient (Wildman–Crippen LogP) is 3.53. The molecule has 1 aliphatic heterocycles. The van der Waals surface area contributed by atoms with E-state index in [1.807, 2.05) is 59.2 Å². The van der Waals surface area contributed by atoms with Gasteiger partial charge in [-0.1, -0.05) is 60.7 Å². The number of amides is 1. The summed E-state index contributed by atoms with van der Waals surface area (Å²) >= 11 is 0. The minimum Gasteiger partial charge on any atom is -0.336 e. The van der Waals surface area contributed by atoms with Crippen LogP contribution in [0.1, 0.15) is 34.9 Å². The van der Waals surface area contributed by atoms with Crippen molar-refractivity contribution in [3.05, 3.63) is 89.5 Å². The van der Waals surface area contributed by atoms with Gasteiger partial charge in [0.1, 0.15) is 0 Å². The highest BCUT2D eigenvalue weighted by Crippen LogP contribution is 2.29. The topological polar surface area (TPSA) is 38.1 Å². The van der Waals surface area contributed by atoms with E-state index in [2.05, 4.69) is 29.2 Å². The summed E-state index contributed by atoms with van der Waals surface area (Å²) in [7, 11) is 2.00. The number of nitrogens with zero attached hydrogens (tertiary/aromatic N) is 3. The van der Waals surface area contributed by atoms with Crippen molar-refractivity contribution in [1.82, 2.24) is 14.5 Å². The van der Waals surface area contributed by atoms with Crippen LogP contribution in [0.3, 0.4) is 0 Å². The van der Waals surface area contributed by atoms with Gasteiger partial charge < -0.3 is 9.47 Å². The summed E-state index contributed by atoms with van der Waals surface area (Å²) in [5.74, 6) is 0.285. The van der Waals surface area contributed by atoms with Crippen LogP contribution in [-0.2, 0) is 24.8 Å². The highest BCUT2D eigenvalue weighted by Gasteiger charge is 2.26. The van der Waals surface area contributed by atoms with Gasteiger partial charge in [-0.3, -0.25) is 4.79 Å². The summed E-state index contributed by atoms with van der Waals surface area (Å²) in [6, 6.07) is 20.6. The maximum Gasteiger partial charge on any atom is 0.223 e. The fourth-order valence-electron chi connectivity index (χ4n) is 3.73. The highest BCUT2D eigenvalue weighted by atomic mass is 16.2. The number of carbonyl (C=O) groups excluding carboxylic acids is 1. The van der Waals surface area contributed by atoms with Crippen molar-refractivity contribution >= 4 is 5.91 Å². The van der Waals surface area contributed by atoms with E-state index in [1.165, 1.54) is 11.1 Å². The SMILES string of the molecule is Cn1cnc2c1CN(C(=O)CC(c1ccccc1)c1ccccc1)CC2. The minimum atomic E-state index is 0.0813. The Kier molecular flexibility index (Phi) is 4.57. The van der Waals surface area contributed by atoms with Crippen LogP contribution in [0.2, 0.25) is 0 Å². The van der Waals surface area contributed by atoms with Gasteiger partial charge in [-0.2, -0.15) is 0 Å². The quantitative estimate of drug-likeness (QED) is 0.725. The van der Waals surface area contributed by atoms with Crippen LogP contribution >= 0.6 is 0 Å². The Balaban J connectivity index is 1.56. The van der Waals surface area contributed by atoms with E-state index in [4.69, 9.17) is 0 Å². The number of hydrogen-bond acceptors (Lipinski definition) is 2. The number of imidazole rings is 1. The number of aromatic nitrogens is 2. The van der Waals surface area contributed by atoms with E-state index >= 15 is 0 Å². The molecule has 4 nitrogen and oxygen atoms in total. The van der Waals surface area contributed by atoms with E-state index in [0.717, 1.165) is 24.4 Å². The zero-order chi connectivity index (χ0) is 17.9. The summed E-state index contributed by atoms with van der Waals surface area (Å²) in [5.41, 5.74) is 4.65. The Morgan fingerprint density at radius 1 is 1.04 bits per heavy atom. The van der Waals surface area contributed by atoms with Crippen LogP contribution in [-0.4, -0.2) is 26.9 Å². The standard InChI is InChI=1S/C22H23N3O/c1-24-16-23-20-12-13-25(15-21(20)24)22(26)14-19(17-8-4-2-5-9-17)18-10-6-3-7-11-18/h2-11,16,19H,12-15H2,1H3. The Morgan fingerprint density at radius 2 is 1.65 bits per heavy atom. The molecule has 0 unspecified atom stereocenters. The summed E-state index contributed by atoms with van der Waals surface area (Å²) in [6.07, 6.45) is 3.17. The van der Waals surface area contributed by atoms with Crippen molar-refractivity contribution in [2.24, 2.45) is 7.05 Å². The molecule has 3 aromatic rings. The first-order valence-electron chi connectivity index (χ1n) is 9.09. The molecular formula is C22H23N3O. The Morgan fingerprint density at radius 3 is 2.27 bits per heavy atom. The number of fused-ring (bicyclic) bond motifs is 1. The third kappa shape index (κ3) is 3.27. The molecule has 1 aromatic heterocycles. The number of hydrogen-bond donors (Lipinski definition) is 0. The summed E-state index contributed by atoms with van der Waals surface area (Å²) in [5, 5.41) is 0. The van der Waals surface area contributed by atoms with E-state index < -0.39 is 0 Å². The number of rotatable bonds is 4. The molecular weight excluding hydrogens is 322 g/mol. The number of carbonyl (C=O) groups is 1. The lowest BCUT2D eigenvalue weighted by Crippen LogP contribution is -2.37. The number of aryl methyl sites for hydroxylation is 1. The van der Waals surface area contributed by atoms with Crippen molar-refractivity contribution in [2.75, 3.05) is 6.54 Å². The maximum absolute atomic E-state index is 13.1. The maximum atomic E-state index is 13.1. The predicted molar refractivity (Wildman–Crippen MR) is 102 cm³/mol. The molecule has 0 N–H and O–H groups in total. The first-order chi connectivity index (χ1) is 12.7. The van der Waals surface area contributed by atoms with Crippen molar-refractivity contribution in [1.29, 1.82) is 0 Å². The second-order valence-corrected chi connectivity index (χ2v) is 6.89. The molecule has 132 valence electrons. The first-order valence-corrected chi connectivity index (χ1v) is 9.09. The van der Waals surface area contributed by atoms with Crippen LogP contribution in [0.4, 0.5) is 0 Å². The van der Waals surface area contributed by atoms with Gasteiger partial charge in [0.05, 0.1) is 24.3 Å². The van der Waals surface area contributed by atoms with Crippen molar-refractivity contribution in [3.63, 3.8) is 0 Å². The third-order valence-corrected chi connectivity index (χ3v) is 5.24. The third-order valence-electron chi connectivity index (χ3n) is 5.24. The molecule has 0 spiro atoms. The molecule has 2 heterocycles. The lowest BCUT2D eigenvalue weighted by molar-refractivity contribution is -0.132. The molecule has 1 amide bonds. The van der Waals surface area contributed by atoms with E-state index in [0.29, 0.717) is 13.0 Å². The van der Waals surface area contributed by atoms with Crippen LogP contribution in [0, 0.1) is 0 Å². The van der Waals surface area contributed by atoms with E-state index in [9.17, 15) is 4.79 Å². The van der Waals surface area contributed by atoms with Gasteiger partial charge in [-0.15, -0.1) is 0 Å². The molecule has 0 radical (unpaired) electrons. The molecule has 0 bridgehead atoms. The van der Waals surface area contributed by atoms with E-state index in [1.54, 1.807) is 0 Å². The van der Waals surface area contributed by atoms with Crippen molar-refractivity contribution in [3.8, 4) is 0 Å². The Bertz CT molecular complexity index is 847. The van der Waals surface area contributed by atoms with Gasteiger partial charge in [0.15, 0.2) is 0 Å². The summed E-state index contributed by atoms with van der Waals surface area (Å²) < 4.78 is 2.03. The molecule has 1 aliphatic rings. The average Bonchev–Trinajstić information content (AvgIpc) is 3.07. The Hall–Kier alpha value is -2.88. The van der Waals surface area contributed by atoms with Gasteiger partial charge in [0.25, 0.3) is 0 Å². The normalized spacial score (nSPS) is 13.7. The van der Waals surface area contributed by atoms with Gasteiger partial charge >= 0.3 is 0 Å². The van der Waals surface area contributed by atoms with Crippen LogP contribution in [0.25, 0.3) is 0 Å². The van der Waals surface area contributed by atoms with Crippen molar-refractivity contribution in [2.45, 2.75) is 25.3 Å². The van der Waals surface area contributed by atoms with Crippen LogP contribution in [0.15, 0.2) is 67.0 Å². The monoisotopic (exact) mass is 345 g/mol. The molecule has 0 aliphatic carbocycles. The first kappa shape index (κ1) is 16.6. The molecule has 0 fully saturated rings. The molecule has 0 saturated heterocycles. The minimum absolute atomic E-state index is 0.0813. The van der Waals surface area contributed by atoms with Gasteiger partial charge in [-0.05, 0) is 11.1 Å². The largest absolute Gasteiger partial charge is 0.336 e. The number of benzene rings is 2. The summed E-state index contributed by atoms with van der Waals surface area (Å²) in [6.45, 7) is 1.40. The highest BCUT2D eigenvalue weighted by molar-refractivity contribution is 5.78. The van der Waals surface area contributed by atoms with Crippen LogP contribution in [0.5, 0.6) is 0 Å². The van der Waals surface area contributed by atoms with Crippen LogP contribution < -0.4 is 0 Å². The molecule has 4 rings (SSSR count). The van der Waals surface area contributed by atoms with E-state index in [-0.39, 0.29) is 11.8 Å². The average molecular weight is 345 g/mol. The zero-order valence-corrected chi connectivity index (χ0v) is 15.0. The van der Waals surface area contributed by atoms with Gasteiger partial charge in [-0.25, -0.2) is 4.98 Å². The molecule has 2 aromatic carbocycles. The lowest BCUT2D eigenvalue weighted by Gasteiger charge is -2.29. The molecule has 4 heteroatoms. The Labute approximate surface area is 154 Å².